The molecule has 0 radical (unpaired) electrons. The lowest BCUT2D eigenvalue weighted by molar-refractivity contribution is -0.173. The summed E-state index contributed by atoms with van der Waals surface area (Å²) in [6.45, 7) is 3.31. The highest BCUT2D eigenvalue weighted by molar-refractivity contribution is 5.77. The van der Waals surface area contributed by atoms with Gasteiger partial charge < -0.3 is 20.1 Å². The summed E-state index contributed by atoms with van der Waals surface area (Å²) in [6.07, 6.45) is 1.34. The average molecular weight is 244 g/mol. The predicted octanol–water partition coefficient (Wildman–Crippen LogP) is -0.312. The molecule has 2 N–H and O–H groups in total. The number of carbonyl (C=O) groups is 2. The summed E-state index contributed by atoms with van der Waals surface area (Å²) >= 11 is 0. The number of rotatable bonds is 7. The Bertz CT molecular complexity index is 287. The van der Waals surface area contributed by atoms with E-state index in [1.54, 1.807) is 4.90 Å². The van der Waals surface area contributed by atoms with Crippen molar-refractivity contribution in [1.82, 2.24) is 10.2 Å². The van der Waals surface area contributed by atoms with E-state index in [0.29, 0.717) is 19.5 Å². The van der Waals surface area contributed by atoms with Gasteiger partial charge in [0.15, 0.2) is 0 Å². The molecule has 1 aliphatic heterocycles. The van der Waals surface area contributed by atoms with Crippen LogP contribution in [-0.2, 0) is 14.3 Å². The Kier molecular flexibility index (Phi) is 4.89. The third-order valence-corrected chi connectivity index (χ3v) is 2.76. The predicted molar refractivity (Wildman–Crippen MR) is 61.7 cm³/mol. The molecule has 0 aromatic heterocycles. The molecule has 0 aromatic rings. The molecule has 98 valence electrons. The molecule has 0 aliphatic carbocycles. The summed E-state index contributed by atoms with van der Waals surface area (Å²) in [5.74, 6) is -0.873. The van der Waals surface area contributed by atoms with Crippen molar-refractivity contribution in [2.45, 2.75) is 25.4 Å². The molecule has 0 unspecified atom stereocenters. The van der Waals surface area contributed by atoms with Crippen LogP contribution in [0.15, 0.2) is 0 Å². The lowest BCUT2D eigenvalue weighted by Crippen LogP contribution is -2.63. The first-order chi connectivity index (χ1) is 7.97. The van der Waals surface area contributed by atoms with E-state index in [1.807, 2.05) is 14.0 Å². The van der Waals surface area contributed by atoms with Crippen LogP contribution in [0.1, 0.15) is 19.8 Å². The maximum atomic E-state index is 11.7. The van der Waals surface area contributed by atoms with Crippen molar-refractivity contribution < 1.29 is 19.4 Å². The second-order valence-corrected chi connectivity index (χ2v) is 4.59. The minimum Gasteiger partial charge on any atom is -0.480 e. The molecule has 1 fully saturated rings. The molecule has 6 nitrogen and oxygen atoms in total. The van der Waals surface area contributed by atoms with Crippen molar-refractivity contribution in [1.29, 1.82) is 0 Å². The number of hydrogen-bond donors (Lipinski definition) is 2. The van der Waals surface area contributed by atoms with E-state index < -0.39 is 11.6 Å². The molecular formula is C11H20N2O4. The van der Waals surface area contributed by atoms with Crippen LogP contribution in [0.5, 0.6) is 0 Å². The van der Waals surface area contributed by atoms with Crippen LogP contribution < -0.4 is 5.32 Å². The fourth-order valence-corrected chi connectivity index (χ4v) is 1.84. The zero-order valence-corrected chi connectivity index (χ0v) is 10.4. The van der Waals surface area contributed by atoms with Crippen LogP contribution in [0.2, 0.25) is 0 Å². The number of nitrogens with one attached hydrogen (secondary N) is 1. The van der Waals surface area contributed by atoms with Gasteiger partial charge in [0.25, 0.3) is 0 Å². The van der Waals surface area contributed by atoms with Crippen LogP contribution in [0, 0.1) is 0 Å². The minimum absolute atomic E-state index is 0.108. The van der Waals surface area contributed by atoms with Gasteiger partial charge >= 0.3 is 5.97 Å². The number of carbonyl (C=O) groups excluding carboxylic acids is 1. The highest BCUT2D eigenvalue weighted by atomic mass is 16.5. The molecule has 17 heavy (non-hydrogen) atoms. The van der Waals surface area contributed by atoms with E-state index >= 15 is 0 Å². The smallest absolute Gasteiger partial charge is 0.329 e. The van der Waals surface area contributed by atoms with Crippen molar-refractivity contribution in [2.75, 3.05) is 33.3 Å². The number of likely N-dealkylation sites (tertiary alicyclic amines) is 1. The summed E-state index contributed by atoms with van der Waals surface area (Å²) in [5.41, 5.74) is -0.489. The zero-order valence-electron chi connectivity index (χ0n) is 10.4. The number of hydrogen-bond acceptors (Lipinski definition) is 4. The van der Waals surface area contributed by atoms with E-state index in [9.17, 15) is 9.59 Å². The Morgan fingerprint density at radius 1 is 1.47 bits per heavy atom. The number of aliphatic carboxylic acids is 1. The standard InChI is InChI=1S/C11H20N2O4/c1-11(17-6-10(15)16)7-13(8-11)9(14)4-3-5-12-2/h12H,3-8H2,1-2H3,(H,15,16). The van der Waals surface area contributed by atoms with E-state index in [0.717, 1.165) is 13.0 Å². The van der Waals surface area contributed by atoms with E-state index in [2.05, 4.69) is 5.32 Å². The average Bonchev–Trinajstić information content (AvgIpc) is 2.22. The number of amides is 1. The van der Waals surface area contributed by atoms with Gasteiger partial charge in [-0.2, -0.15) is 0 Å². The van der Waals surface area contributed by atoms with Gasteiger partial charge in [0.1, 0.15) is 12.2 Å². The molecule has 6 heteroatoms. The molecule has 1 saturated heterocycles. The number of nitrogens with zero attached hydrogens (tertiary/aromatic N) is 1. The molecule has 0 saturated carbocycles. The fraction of sp³-hybridized carbons (Fsp3) is 0.818. The monoisotopic (exact) mass is 244 g/mol. The van der Waals surface area contributed by atoms with Crippen molar-refractivity contribution in [2.24, 2.45) is 0 Å². The van der Waals surface area contributed by atoms with Crippen LogP contribution in [0.4, 0.5) is 0 Å². The van der Waals surface area contributed by atoms with Gasteiger partial charge in [0.05, 0.1) is 13.1 Å². The van der Waals surface area contributed by atoms with E-state index in [4.69, 9.17) is 9.84 Å². The van der Waals surface area contributed by atoms with Gasteiger partial charge in [-0.3, -0.25) is 4.79 Å². The molecule has 1 aliphatic rings. The van der Waals surface area contributed by atoms with Crippen LogP contribution >= 0.6 is 0 Å². The second-order valence-electron chi connectivity index (χ2n) is 4.59. The molecule has 0 atom stereocenters. The maximum Gasteiger partial charge on any atom is 0.329 e. The Labute approximate surface area is 101 Å². The van der Waals surface area contributed by atoms with Gasteiger partial charge in [0.2, 0.25) is 5.91 Å². The van der Waals surface area contributed by atoms with Crippen LogP contribution in [0.25, 0.3) is 0 Å². The topological polar surface area (TPSA) is 78.9 Å². The van der Waals surface area contributed by atoms with Crippen molar-refractivity contribution in [3.8, 4) is 0 Å². The Morgan fingerprint density at radius 3 is 2.65 bits per heavy atom. The molecule has 1 heterocycles. The number of carboxylic acid groups (broad SMARTS) is 1. The first-order valence-electron chi connectivity index (χ1n) is 5.75. The molecule has 1 amide bonds. The zero-order chi connectivity index (χ0) is 12.9. The fourth-order valence-electron chi connectivity index (χ4n) is 1.84. The van der Waals surface area contributed by atoms with Gasteiger partial charge in [-0.15, -0.1) is 0 Å². The van der Waals surface area contributed by atoms with Crippen LogP contribution in [-0.4, -0.2) is 60.8 Å². The van der Waals surface area contributed by atoms with Gasteiger partial charge in [-0.1, -0.05) is 0 Å². The third-order valence-electron chi connectivity index (χ3n) is 2.76. The molecule has 0 bridgehead atoms. The first-order valence-corrected chi connectivity index (χ1v) is 5.75. The maximum absolute atomic E-state index is 11.7. The highest BCUT2D eigenvalue weighted by Gasteiger charge is 2.42. The van der Waals surface area contributed by atoms with Crippen LogP contribution in [0.3, 0.4) is 0 Å². The summed E-state index contributed by atoms with van der Waals surface area (Å²) < 4.78 is 5.23. The summed E-state index contributed by atoms with van der Waals surface area (Å²) in [5, 5.41) is 11.5. The lowest BCUT2D eigenvalue weighted by Gasteiger charge is -2.47. The van der Waals surface area contributed by atoms with E-state index in [1.165, 1.54) is 0 Å². The Hall–Kier alpha value is -1.14. The molecule has 0 aromatic carbocycles. The summed E-state index contributed by atoms with van der Waals surface area (Å²) in [4.78, 5) is 23.7. The lowest BCUT2D eigenvalue weighted by atomic mass is 9.95. The first kappa shape index (κ1) is 13.9. The second kappa shape index (κ2) is 5.97. The quantitative estimate of drug-likeness (QED) is 0.600. The summed E-state index contributed by atoms with van der Waals surface area (Å²) in [6, 6.07) is 0. The third kappa shape index (κ3) is 4.32. The van der Waals surface area contributed by atoms with E-state index in [-0.39, 0.29) is 12.5 Å². The van der Waals surface area contributed by atoms with Crippen molar-refractivity contribution >= 4 is 11.9 Å². The molecule has 1 rings (SSSR count). The number of ether oxygens (including phenoxy) is 1. The molecular weight excluding hydrogens is 224 g/mol. The van der Waals surface area contributed by atoms with Gasteiger partial charge in [-0.25, -0.2) is 4.79 Å². The van der Waals surface area contributed by atoms with Gasteiger partial charge in [0, 0.05) is 6.42 Å². The Morgan fingerprint density at radius 2 is 2.12 bits per heavy atom. The van der Waals surface area contributed by atoms with Crippen molar-refractivity contribution in [3.63, 3.8) is 0 Å². The normalized spacial score (nSPS) is 17.6. The molecule has 0 spiro atoms. The van der Waals surface area contributed by atoms with Crippen molar-refractivity contribution in [3.05, 3.63) is 0 Å². The summed E-state index contributed by atoms with van der Waals surface area (Å²) in [7, 11) is 1.85. The largest absolute Gasteiger partial charge is 0.480 e. The van der Waals surface area contributed by atoms with Gasteiger partial charge in [-0.05, 0) is 26.9 Å². The highest BCUT2D eigenvalue weighted by Crippen LogP contribution is 2.25. The Balaban J connectivity index is 2.20. The number of carboxylic acids is 1. The minimum atomic E-state index is -0.981. The SMILES string of the molecule is CNCCCC(=O)N1CC(C)(OCC(=O)O)C1.